The quantitative estimate of drug-likeness (QED) is 0.778. The predicted octanol–water partition coefficient (Wildman–Crippen LogP) is 1.30. The molecule has 4 nitrogen and oxygen atoms in total. The van der Waals surface area contributed by atoms with Gasteiger partial charge in [-0.2, -0.15) is 0 Å². The molecule has 106 valence electrons. The van der Waals surface area contributed by atoms with Gasteiger partial charge in [-0.15, -0.1) is 0 Å². The van der Waals surface area contributed by atoms with E-state index in [1.54, 1.807) is 0 Å². The van der Waals surface area contributed by atoms with E-state index >= 15 is 0 Å². The number of hydrogen-bond acceptors (Lipinski definition) is 3. The van der Waals surface area contributed by atoms with Gasteiger partial charge in [-0.1, -0.05) is 20.8 Å². The molecule has 1 fully saturated rings. The molecule has 2 N–H and O–H groups in total. The molecule has 1 rings (SSSR count). The number of likely N-dealkylation sites (N-methyl/N-ethyl adjacent to an activating group) is 2. The summed E-state index contributed by atoms with van der Waals surface area (Å²) < 4.78 is 0. The van der Waals surface area contributed by atoms with E-state index in [4.69, 9.17) is 5.73 Å². The number of nitrogens with two attached hydrogens (primary N) is 1. The molecule has 1 unspecified atom stereocenters. The molecule has 0 radical (unpaired) electrons. The Bertz CT molecular complexity index is 268. The van der Waals surface area contributed by atoms with Gasteiger partial charge >= 0.3 is 0 Å². The number of hydrogen-bond donors (Lipinski definition) is 1. The summed E-state index contributed by atoms with van der Waals surface area (Å²) >= 11 is 0. The topological polar surface area (TPSA) is 49.6 Å². The maximum absolute atomic E-state index is 12.1. The van der Waals surface area contributed by atoms with Crippen LogP contribution in [-0.2, 0) is 4.79 Å². The van der Waals surface area contributed by atoms with Crippen LogP contribution in [0.15, 0.2) is 0 Å². The number of likely N-dealkylation sites (tertiary alicyclic amines) is 1. The van der Waals surface area contributed by atoms with E-state index in [0.29, 0.717) is 12.0 Å². The highest BCUT2D eigenvalue weighted by atomic mass is 16.2. The second kappa shape index (κ2) is 7.10. The summed E-state index contributed by atoms with van der Waals surface area (Å²) in [4.78, 5) is 16.4. The Morgan fingerprint density at radius 1 is 1.50 bits per heavy atom. The van der Waals surface area contributed by atoms with Gasteiger partial charge in [0.15, 0.2) is 0 Å². The first-order valence-electron chi connectivity index (χ1n) is 7.20. The fourth-order valence-corrected chi connectivity index (χ4v) is 2.82. The summed E-state index contributed by atoms with van der Waals surface area (Å²) in [5, 5.41) is 0. The third kappa shape index (κ3) is 4.25. The number of nitrogens with zero attached hydrogens (tertiary/aromatic N) is 2. The van der Waals surface area contributed by atoms with Crippen LogP contribution >= 0.6 is 0 Å². The standard InChI is InChI=1S/C14H29N3O/c1-5-17-8-6-7-12(17)10-16(4)14(18)13(15)9-11(2)3/h11-13H,5-10,15H2,1-4H3/t12?,13-/m1/s1. The molecule has 0 aromatic rings. The lowest BCUT2D eigenvalue weighted by Crippen LogP contribution is -2.47. The molecule has 4 heteroatoms. The van der Waals surface area contributed by atoms with E-state index in [1.807, 2.05) is 11.9 Å². The van der Waals surface area contributed by atoms with Gasteiger partial charge in [0.2, 0.25) is 5.91 Å². The van der Waals surface area contributed by atoms with Crippen LogP contribution in [0, 0.1) is 5.92 Å². The maximum Gasteiger partial charge on any atom is 0.239 e. The van der Waals surface area contributed by atoms with Gasteiger partial charge in [-0.3, -0.25) is 9.69 Å². The van der Waals surface area contributed by atoms with Crippen LogP contribution < -0.4 is 5.73 Å². The van der Waals surface area contributed by atoms with Crippen LogP contribution in [0.3, 0.4) is 0 Å². The molecule has 1 saturated heterocycles. The third-order valence-electron chi connectivity index (χ3n) is 3.81. The second-order valence-electron chi connectivity index (χ2n) is 5.88. The van der Waals surface area contributed by atoms with Gasteiger partial charge in [0, 0.05) is 19.6 Å². The van der Waals surface area contributed by atoms with Crippen molar-refractivity contribution in [1.82, 2.24) is 9.80 Å². The molecule has 1 aliphatic rings. The molecule has 1 heterocycles. The normalized spacial score (nSPS) is 22.4. The summed E-state index contributed by atoms with van der Waals surface area (Å²) in [7, 11) is 1.88. The summed E-state index contributed by atoms with van der Waals surface area (Å²) in [6.45, 7) is 9.45. The Kier molecular flexibility index (Phi) is 6.09. The monoisotopic (exact) mass is 255 g/mol. The third-order valence-corrected chi connectivity index (χ3v) is 3.81. The Balaban J connectivity index is 2.44. The van der Waals surface area contributed by atoms with Crippen LogP contribution in [0.25, 0.3) is 0 Å². The predicted molar refractivity (Wildman–Crippen MR) is 75.3 cm³/mol. The van der Waals surface area contributed by atoms with Crippen LogP contribution in [0.1, 0.15) is 40.0 Å². The fraction of sp³-hybridized carbons (Fsp3) is 0.929. The molecule has 1 aliphatic heterocycles. The number of rotatable bonds is 6. The van der Waals surface area contributed by atoms with Gasteiger partial charge in [-0.05, 0) is 38.3 Å². The van der Waals surface area contributed by atoms with Gasteiger partial charge in [0.05, 0.1) is 6.04 Å². The van der Waals surface area contributed by atoms with Gasteiger partial charge in [0.25, 0.3) is 0 Å². The van der Waals surface area contributed by atoms with Crippen molar-refractivity contribution < 1.29 is 4.79 Å². The lowest BCUT2D eigenvalue weighted by atomic mass is 10.0. The smallest absolute Gasteiger partial charge is 0.239 e. The van der Waals surface area contributed by atoms with Gasteiger partial charge in [0.1, 0.15) is 0 Å². The molecule has 0 aromatic heterocycles. The van der Waals surface area contributed by atoms with E-state index in [0.717, 1.165) is 19.5 Å². The van der Waals surface area contributed by atoms with Gasteiger partial charge in [-0.25, -0.2) is 0 Å². The molecule has 0 bridgehead atoms. The van der Waals surface area contributed by atoms with E-state index in [-0.39, 0.29) is 11.9 Å². The Morgan fingerprint density at radius 2 is 2.17 bits per heavy atom. The molecule has 1 amide bonds. The molecule has 0 saturated carbocycles. The molecular formula is C14H29N3O. The first kappa shape index (κ1) is 15.4. The van der Waals surface area contributed by atoms with E-state index in [2.05, 4.69) is 25.7 Å². The first-order chi connectivity index (χ1) is 8.45. The highest BCUT2D eigenvalue weighted by Crippen LogP contribution is 2.17. The highest BCUT2D eigenvalue weighted by molar-refractivity contribution is 5.81. The minimum Gasteiger partial charge on any atom is -0.343 e. The SMILES string of the molecule is CCN1CCCC1CN(C)C(=O)[C@H](N)CC(C)C. The molecular weight excluding hydrogens is 226 g/mol. The Morgan fingerprint density at radius 3 is 2.72 bits per heavy atom. The zero-order valence-electron chi connectivity index (χ0n) is 12.4. The van der Waals surface area contributed by atoms with Crippen molar-refractivity contribution in [2.75, 3.05) is 26.7 Å². The summed E-state index contributed by atoms with van der Waals surface area (Å²) in [6, 6.07) is 0.182. The zero-order valence-corrected chi connectivity index (χ0v) is 12.4. The molecule has 0 aromatic carbocycles. The number of carbonyl (C=O) groups excluding carboxylic acids is 1. The lowest BCUT2D eigenvalue weighted by Gasteiger charge is -2.29. The largest absolute Gasteiger partial charge is 0.343 e. The minimum atomic E-state index is -0.341. The fourth-order valence-electron chi connectivity index (χ4n) is 2.82. The second-order valence-corrected chi connectivity index (χ2v) is 5.88. The maximum atomic E-state index is 12.1. The number of carbonyl (C=O) groups is 1. The van der Waals surface area contributed by atoms with Crippen molar-refractivity contribution in [1.29, 1.82) is 0 Å². The van der Waals surface area contributed by atoms with Crippen molar-refractivity contribution in [2.45, 2.75) is 52.1 Å². The van der Waals surface area contributed by atoms with Crippen LogP contribution in [0.2, 0.25) is 0 Å². The van der Waals surface area contributed by atoms with Gasteiger partial charge < -0.3 is 10.6 Å². The summed E-state index contributed by atoms with van der Waals surface area (Å²) in [5.41, 5.74) is 5.96. The Hall–Kier alpha value is -0.610. The number of amides is 1. The Labute approximate surface area is 111 Å². The van der Waals surface area contributed by atoms with Crippen LogP contribution in [0.5, 0.6) is 0 Å². The van der Waals surface area contributed by atoms with Crippen molar-refractivity contribution >= 4 is 5.91 Å². The van der Waals surface area contributed by atoms with Crippen LogP contribution in [0.4, 0.5) is 0 Å². The van der Waals surface area contributed by atoms with Crippen molar-refractivity contribution in [3.8, 4) is 0 Å². The average molecular weight is 255 g/mol. The van der Waals surface area contributed by atoms with Crippen molar-refractivity contribution in [3.05, 3.63) is 0 Å². The van der Waals surface area contributed by atoms with E-state index in [1.165, 1.54) is 19.4 Å². The molecule has 0 spiro atoms. The van der Waals surface area contributed by atoms with Crippen molar-refractivity contribution in [3.63, 3.8) is 0 Å². The van der Waals surface area contributed by atoms with Crippen LogP contribution in [-0.4, -0.2) is 54.5 Å². The van der Waals surface area contributed by atoms with E-state index < -0.39 is 0 Å². The lowest BCUT2D eigenvalue weighted by molar-refractivity contribution is -0.132. The zero-order chi connectivity index (χ0) is 13.7. The molecule has 2 atom stereocenters. The first-order valence-corrected chi connectivity index (χ1v) is 7.20. The average Bonchev–Trinajstić information content (AvgIpc) is 2.74. The highest BCUT2D eigenvalue weighted by Gasteiger charge is 2.27. The van der Waals surface area contributed by atoms with Crippen molar-refractivity contribution in [2.24, 2.45) is 11.7 Å². The minimum absolute atomic E-state index is 0.0895. The molecule has 18 heavy (non-hydrogen) atoms. The summed E-state index contributed by atoms with van der Waals surface area (Å²) in [6.07, 6.45) is 3.22. The van der Waals surface area contributed by atoms with E-state index in [9.17, 15) is 4.79 Å². The summed E-state index contributed by atoms with van der Waals surface area (Å²) in [5.74, 6) is 0.558. The molecule has 0 aliphatic carbocycles.